The predicted octanol–water partition coefficient (Wildman–Crippen LogP) is 3.46. The van der Waals surface area contributed by atoms with Gasteiger partial charge in [0.1, 0.15) is 4.88 Å². The van der Waals surface area contributed by atoms with Gasteiger partial charge in [-0.1, -0.05) is 17.4 Å². The Labute approximate surface area is 127 Å². The summed E-state index contributed by atoms with van der Waals surface area (Å²) in [6, 6.07) is 3.52. The Morgan fingerprint density at radius 2 is 2.14 bits per heavy atom. The van der Waals surface area contributed by atoms with Crippen molar-refractivity contribution < 1.29 is 18.0 Å². The van der Waals surface area contributed by atoms with Gasteiger partial charge in [0.05, 0.1) is 11.1 Å². The fraction of sp³-hybridized carbons (Fsp3) is 0.333. The number of anilines is 1. The molecule has 0 aromatic carbocycles. The molecular formula is C12H12F3N3OS2. The molecule has 0 aliphatic rings. The Bertz CT molecular complexity index is 581. The van der Waals surface area contributed by atoms with Crippen molar-refractivity contribution in [2.75, 3.05) is 18.4 Å². The van der Waals surface area contributed by atoms with Crippen LogP contribution in [0.25, 0.3) is 0 Å². The van der Waals surface area contributed by atoms with E-state index in [1.54, 1.807) is 12.1 Å². The molecule has 114 valence electrons. The van der Waals surface area contributed by atoms with Gasteiger partial charge in [0.2, 0.25) is 0 Å². The lowest BCUT2D eigenvalue weighted by Gasteiger charge is -2.04. The summed E-state index contributed by atoms with van der Waals surface area (Å²) in [7, 11) is 0. The number of amides is 1. The van der Waals surface area contributed by atoms with Gasteiger partial charge in [-0.2, -0.15) is 13.2 Å². The SMILES string of the molecule is O=C(NCCCNc1ncc(C(F)(F)F)s1)c1cccs1. The maximum atomic E-state index is 12.4. The van der Waals surface area contributed by atoms with Crippen LogP contribution in [0.3, 0.4) is 0 Å². The van der Waals surface area contributed by atoms with E-state index in [4.69, 9.17) is 0 Å². The zero-order valence-electron chi connectivity index (χ0n) is 10.7. The topological polar surface area (TPSA) is 54.0 Å². The molecular weight excluding hydrogens is 323 g/mol. The highest BCUT2D eigenvalue weighted by molar-refractivity contribution is 7.15. The highest BCUT2D eigenvalue weighted by Crippen LogP contribution is 2.34. The molecule has 21 heavy (non-hydrogen) atoms. The van der Waals surface area contributed by atoms with E-state index in [-0.39, 0.29) is 11.0 Å². The maximum Gasteiger partial charge on any atom is 0.427 e. The van der Waals surface area contributed by atoms with Crippen LogP contribution in [0, 0.1) is 0 Å². The fourth-order valence-corrected chi connectivity index (χ4v) is 2.82. The molecule has 0 atom stereocenters. The van der Waals surface area contributed by atoms with Crippen LogP contribution >= 0.6 is 22.7 Å². The second-order valence-electron chi connectivity index (χ2n) is 4.04. The lowest BCUT2D eigenvalue weighted by Crippen LogP contribution is -2.25. The highest BCUT2D eigenvalue weighted by atomic mass is 32.1. The maximum absolute atomic E-state index is 12.4. The average Bonchev–Trinajstić information content (AvgIpc) is 3.08. The first kappa shape index (κ1) is 15.8. The van der Waals surface area contributed by atoms with Crippen molar-refractivity contribution in [3.8, 4) is 0 Å². The molecule has 9 heteroatoms. The molecule has 2 rings (SSSR count). The molecule has 0 aliphatic heterocycles. The van der Waals surface area contributed by atoms with E-state index in [9.17, 15) is 18.0 Å². The largest absolute Gasteiger partial charge is 0.427 e. The molecule has 2 aromatic heterocycles. The number of thiophene rings is 1. The molecule has 4 nitrogen and oxygen atoms in total. The van der Waals surface area contributed by atoms with Crippen LogP contribution in [0.15, 0.2) is 23.7 Å². The van der Waals surface area contributed by atoms with Crippen molar-refractivity contribution in [2.45, 2.75) is 12.6 Å². The molecule has 2 aromatic rings. The number of hydrogen-bond donors (Lipinski definition) is 2. The second-order valence-corrected chi connectivity index (χ2v) is 6.02. The molecule has 1 amide bonds. The molecule has 0 radical (unpaired) electrons. The van der Waals surface area contributed by atoms with Gasteiger partial charge in [-0.25, -0.2) is 4.98 Å². The van der Waals surface area contributed by atoms with Gasteiger partial charge >= 0.3 is 6.18 Å². The summed E-state index contributed by atoms with van der Waals surface area (Å²) in [5.41, 5.74) is 0. The Kier molecular flexibility index (Phi) is 5.18. The van der Waals surface area contributed by atoms with Gasteiger partial charge in [-0.05, 0) is 17.9 Å². The minimum absolute atomic E-state index is 0.140. The Morgan fingerprint density at radius 1 is 1.33 bits per heavy atom. The van der Waals surface area contributed by atoms with Crippen molar-refractivity contribution in [1.29, 1.82) is 0 Å². The number of alkyl halides is 3. The highest BCUT2D eigenvalue weighted by Gasteiger charge is 2.33. The molecule has 0 saturated carbocycles. The smallest absolute Gasteiger partial charge is 0.361 e. The second kappa shape index (κ2) is 6.90. The Balaban J connectivity index is 1.66. The molecule has 0 bridgehead atoms. The van der Waals surface area contributed by atoms with Gasteiger partial charge < -0.3 is 10.6 Å². The number of aromatic nitrogens is 1. The third-order valence-corrected chi connectivity index (χ3v) is 4.31. The Morgan fingerprint density at radius 3 is 2.76 bits per heavy atom. The summed E-state index contributed by atoms with van der Waals surface area (Å²) in [6.07, 6.45) is -2.95. The standard InChI is InChI=1S/C12H12F3N3OS2/c13-12(14,15)9-7-18-11(21-9)17-5-2-4-16-10(19)8-3-1-6-20-8/h1,3,6-7H,2,4-5H2,(H,16,19)(H,17,18). The van der Waals surface area contributed by atoms with E-state index >= 15 is 0 Å². The van der Waals surface area contributed by atoms with Crippen LogP contribution < -0.4 is 10.6 Å². The lowest BCUT2D eigenvalue weighted by molar-refractivity contribution is -0.134. The van der Waals surface area contributed by atoms with Crippen LogP contribution in [-0.2, 0) is 6.18 Å². The average molecular weight is 335 g/mol. The van der Waals surface area contributed by atoms with E-state index in [2.05, 4.69) is 15.6 Å². The number of rotatable bonds is 6. The molecule has 0 fully saturated rings. The minimum Gasteiger partial charge on any atom is -0.361 e. The first-order chi connectivity index (χ1) is 9.97. The first-order valence-electron chi connectivity index (χ1n) is 6.05. The summed E-state index contributed by atoms with van der Waals surface area (Å²) in [5, 5.41) is 7.58. The normalized spacial score (nSPS) is 11.4. The Hall–Kier alpha value is -1.61. The number of hydrogen-bond acceptors (Lipinski definition) is 5. The van der Waals surface area contributed by atoms with Crippen molar-refractivity contribution >= 4 is 33.7 Å². The quantitative estimate of drug-likeness (QED) is 0.795. The van der Waals surface area contributed by atoms with Crippen molar-refractivity contribution in [2.24, 2.45) is 0 Å². The monoisotopic (exact) mass is 335 g/mol. The number of halogens is 3. The molecule has 2 heterocycles. The molecule has 0 aliphatic carbocycles. The summed E-state index contributed by atoms with van der Waals surface area (Å²) in [5.74, 6) is -0.140. The number of thiazole rings is 1. The van der Waals surface area contributed by atoms with Crippen LogP contribution in [0.1, 0.15) is 21.0 Å². The number of nitrogens with one attached hydrogen (secondary N) is 2. The van der Waals surface area contributed by atoms with Gasteiger partial charge in [0.25, 0.3) is 5.91 Å². The van der Waals surface area contributed by atoms with Crippen LogP contribution in [0.4, 0.5) is 18.3 Å². The summed E-state index contributed by atoms with van der Waals surface area (Å²) in [4.78, 5) is 15.2. The van der Waals surface area contributed by atoms with E-state index in [1.165, 1.54) is 11.3 Å². The van der Waals surface area contributed by atoms with Crippen LogP contribution in [-0.4, -0.2) is 24.0 Å². The molecule has 0 saturated heterocycles. The molecule has 2 N–H and O–H groups in total. The number of carbonyl (C=O) groups is 1. The van der Waals surface area contributed by atoms with Gasteiger partial charge in [0.15, 0.2) is 5.13 Å². The van der Waals surface area contributed by atoms with Crippen LogP contribution in [0.2, 0.25) is 0 Å². The predicted molar refractivity (Wildman–Crippen MR) is 76.9 cm³/mol. The van der Waals surface area contributed by atoms with E-state index < -0.39 is 11.1 Å². The zero-order chi connectivity index (χ0) is 15.3. The van der Waals surface area contributed by atoms with Gasteiger partial charge in [0, 0.05) is 13.1 Å². The lowest BCUT2D eigenvalue weighted by atomic mass is 10.4. The van der Waals surface area contributed by atoms with E-state index in [0.29, 0.717) is 35.7 Å². The minimum atomic E-state index is -4.35. The first-order valence-corrected chi connectivity index (χ1v) is 7.75. The molecule has 0 spiro atoms. The summed E-state index contributed by atoms with van der Waals surface area (Å²) in [6.45, 7) is 0.886. The van der Waals surface area contributed by atoms with E-state index in [0.717, 1.165) is 6.20 Å². The van der Waals surface area contributed by atoms with Gasteiger partial charge in [-0.15, -0.1) is 11.3 Å². The van der Waals surface area contributed by atoms with Crippen molar-refractivity contribution in [1.82, 2.24) is 10.3 Å². The van der Waals surface area contributed by atoms with Gasteiger partial charge in [-0.3, -0.25) is 4.79 Å². The fourth-order valence-electron chi connectivity index (χ4n) is 1.47. The third-order valence-electron chi connectivity index (χ3n) is 2.45. The third kappa shape index (κ3) is 4.71. The van der Waals surface area contributed by atoms with E-state index in [1.807, 2.05) is 5.38 Å². The molecule has 0 unspecified atom stereocenters. The van der Waals surface area contributed by atoms with Crippen LogP contribution in [0.5, 0.6) is 0 Å². The summed E-state index contributed by atoms with van der Waals surface area (Å²) < 4.78 is 37.1. The summed E-state index contributed by atoms with van der Waals surface area (Å²) >= 11 is 1.92. The van der Waals surface area contributed by atoms with Crippen molar-refractivity contribution in [3.05, 3.63) is 33.5 Å². The zero-order valence-corrected chi connectivity index (χ0v) is 12.4. The van der Waals surface area contributed by atoms with Crippen molar-refractivity contribution in [3.63, 3.8) is 0 Å². The number of nitrogens with zero attached hydrogens (tertiary/aromatic N) is 1. The number of carbonyl (C=O) groups excluding carboxylic acids is 1.